The summed E-state index contributed by atoms with van der Waals surface area (Å²) in [7, 11) is 23.4. The lowest BCUT2D eigenvalue weighted by Gasteiger charge is -2.02. The maximum atomic E-state index is 10.3. The molecule has 0 spiro atoms. The molecule has 3 amide bonds. The maximum Gasteiger partial charge on any atom is 0.408 e. The molecule has 25 heteroatoms. The molecule has 0 unspecified atom stereocenters. The number of amides is 3. The molecule has 0 bridgehead atoms. The summed E-state index contributed by atoms with van der Waals surface area (Å²) in [4.78, 5) is 81.3. The Bertz CT molecular complexity index is 1320. The van der Waals surface area contributed by atoms with E-state index in [-0.39, 0.29) is 74.2 Å². The lowest BCUT2D eigenvalue weighted by atomic mass is 10.3. The van der Waals surface area contributed by atoms with Gasteiger partial charge in [0.05, 0.1) is 48.8 Å². The second-order valence-electron chi connectivity index (χ2n) is 17.6. The van der Waals surface area contributed by atoms with Crippen molar-refractivity contribution in [3.05, 3.63) is 24.8 Å². The Labute approximate surface area is 601 Å². The second kappa shape index (κ2) is 174. The van der Waals surface area contributed by atoms with Gasteiger partial charge in [0.1, 0.15) is 18.0 Å². The van der Waals surface area contributed by atoms with Crippen LogP contribution in [-0.2, 0) is 95.1 Å². The van der Waals surface area contributed by atoms with Crippen molar-refractivity contribution in [2.24, 2.45) is 0 Å². The Morgan fingerprint density at radius 3 is 0.784 bits per heavy atom. The Morgan fingerprint density at radius 1 is 0.371 bits per heavy atom. The van der Waals surface area contributed by atoms with Crippen molar-refractivity contribution in [3.8, 4) is 0 Å². The van der Waals surface area contributed by atoms with Gasteiger partial charge in [-0.3, -0.25) is 19.2 Å². The first-order valence-corrected chi connectivity index (χ1v) is 31.7. The first kappa shape index (κ1) is 147. The number of carbonyl (C=O) groups excluding carboxylic acids is 8. The van der Waals surface area contributed by atoms with Crippen LogP contribution in [0.1, 0.15) is 238 Å². The van der Waals surface area contributed by atoms with Gasteiger partial charge in [0, 0.05) is 144 Å². The van der Waals surface area contributed by atoms with Crippen LogP contribution in [0.2, 0.25) is 0 Å². The molecule has 0 aliphatic carbocycles. The Balaban J connectivity index is -0.0000000342. The molecule has 0 heterocycles. The minimum absolute atomic E-state index is 0. The maximum absolute atomic E-state index is 10.3. The number of ketones is 2. The van der Waals surface area contributed by atoms with Gasteiger partial charge in [0.25, 0.3) is 0 Å². The third kappa shape index (κ3) is 341. The van der Waals surface area contributed by atoms with Crippen LogP contribution in [-0.4, -0.2) is 220 Å². The molecule has 0 saturated carbocycles. The highest BCUT2D eigenvalue weighted by Crippen LogP contribution is 1.93. The van der Waals surface area contributed by atoms with Crippen LogP contribution in [0.5, 0.6) is 0 Å². The fourth-order valence-electron chi connectivity index (χ4n) is 3.09. The van der Waals surface area contributed by atoms with Crippen molar-refractivity contribution in [1.82, 2.24) is 16.0 Å². The number of nitrogens with one attached hydrogen (secondary N) is 3. The van der Waals surface area contributed by atoms with Crippen molar-refractivity contribution in [3.63, 3.8) is 0 Å². The zero-order valence-electron chi connectivity index (χ0n) is 65.7. The van der Waals surface area contributed by atoms with E-state index in [4.69, 9.17) is 28.4 Å². The molecule has 25 nitrogen and oxygen atoms in total. The fourth-order valence-corrected chi connectivity index (χ4v) is 3.09. The summed E-state index contributed by atoms with van der Waals surface area (Å²) in [5, 5.41) is 6.85. The number of unbranched alkanes of at least 4 members (excludes halogenated alkanes) is 6. The largest absolute Gasteiger partial charge is 0.469 e. The molecule has 0 aliphatic rings. The number of alkyl carbamates (subject to hydrolysis) is 2. The van der Waals surface area contributed by atoms with E-state index in [1.54, 1.807) is 78.0 Å². The van der Waals surface area contributed by atoms with Gasteiger partial charge in [0.2, 0.25) is 5.91 Å². The highest BCUT2D eigenvalue weighted by atomic mass is 16.5. The zero-order valence-corrected chi connectivity index (χ0v) is 65.7. The number of hydrogen-bond donors (Lipinski definition) is 3. The molecule has 0 aromatic heterocycles. The molecular formula is C72H169N3O22. The lowest BCUT2D eigenvalue weighted by Crippen LogP contribution is -2.35. The van der Waals surface area contributed by atoms with Gasteiger partial charge in [-0.05, 0) is 73.1 Å². The van der Waals surface area contributed by atoms with Crippen molar-refractivity contribution < 1.29 is 106 Å². The van der Waals surface area contributed by atoms with E-state index in [0.717, 1.165) is 71.8 Å². The Morgan fingerprint density at radius 2 is 0.660 bits per heavy atom. The monoisotopic (exact) mass is 1430 g/mol. The minimum atomic E-state index is -0.579. The van der Waals surface area contributed by atoms with E-state index < -0.39 is 24.1 Å². The topological polar surface area (TPSA) is 302 Å². The molecule has 3 N–H and O–H groups in total. The van der Waals surface area contributed by atoms with Crippen LogP contribution in [0.3, 0.4) is 0 Å². The van der Waals surface area contributed by atoms with Crippen LogP contribution >= 0.6 is 0 Å². The van der Waals surface area contributed by atoms with E-state index in [1.165, 1.54) is 133 Å². The van der Waals surface area contributed by atoms with Crippen molar-refractivity contribution >= 4 is 47.6 Å². The van der Waals surface area contributed by atoms with Crippen molar-refractivity contribution in [2.75, 3.05) is 173 Å². The van der Waals surface area contributed by atoms with Gasteiger partial charge in [-0.1, -0.05) is 163 Å². The van der Waals surface area contributed by atoms with Gasteiger partial charge < -0.3 is 82.3 Å². The van der Waals surface area contributed by atoms with Crippen LogP contribution in [0, 0.1) is 0 Å². The average Bonchev–Trinajstić information content (AvgIpc) is 3.78. The van der Waals surface area contributed by atoms with Gasteiger partial charge in [-0.25, -0.2) is 19.2 Å². The fraction of sp³-hybridized carbons (Fsp3) is 0.833. The van der Waals surface area contributed by atoms with Crippen LogP contribution < -0.4 is 16.0 Å². The van der Waals surface area contributed by atoms with E-state index >= 15 is 0 Å². The molecule has 97 heavy (non-hydrogen) atoms. The van der Waals surface area contributed by atoms with E-state index in [2.05, 4.69) is 136 Å². The Hall–Kier alpha value is -5.12. The molecule has 0 radical (unpaired) electrons. The summed E-state index contributed by atoms with van der Waals surface area (Å²) in [6.45, 7) is 44.7. The number of hydrogen-bond acceptors (Lipinski definition) is 22. The summed E-state index contributed by atoms with van der Waals surface area (Å²) in [6, 6.07) is 0. The Kier molecular flexibility index (Phi) is 264. The smallest absolute Gasteiger partial charge is 0.408 e. The number of rotatable bonds is 28. The molecule has 0 atom stereocenters. The highest BCUT2D eigenvalue weighted by Gasteiger charge is 2.02. The molecule has 0 aromatic rings. The van der Waals surface area contributed by atoms with Crippen molar-refractivity contribution in [2.45, 2.75) is 237 Å². The quantitative estimate of drug-likeness (QED) is 0.0164. The number of carbonyl (C=O) groups is 8. The standard InChI is InChI=1S/2C6H14O.C5H10N2O3.C5H9NO3.C5H8O3.C5H8O2.2C5H12O.C4H6O2.2C4H10O.2C3H8O.2C3H8.C2H6O.4CH4.H2/c2*1-3-4-5-6-7-2;1-4(8)6-3-7-5(9)10-2;1-4(7)3-6-5(8)9-2;1-4(6)3-5(7)8-2;1-4(2)5(6)7-3;2*1-3-4-5-6-2;1-3-4(5)6-2;2*1-3-4-5-2;2*1-3-4-2;3*1-3-2;;;;;/h2*3-6H2,1-2H3;3H2,1-2H3,(H,6,8)(H,7,9);3H2,1-2H3,(H,6,8);3H2,1-2H3;1H2,2-3H3;2*3-5H2,1-2H3;3H,1H2,2H3;2*3-4H2,1-2H3;2*3H2,1-2H3;2*3H2,1-2H3;1-2H3;4*1H4;1H/i;;;;;;;;;;;;;;;;;;;;1+2. The van der Waals surface area contributed by atoms with Gasteiger partial charge >= 0.3 is 30.1 Å². The first-order valence-electron chi connectivity index (χ1n) is 31.7. The molecule has 0 aliphatic heterocycles. The molecule has 0 saturated heterocycles. The predicted octanol–water partition coefficient (Wildman–Crippen LogP) is 16.4. The average molecular weight is 1430 g/mol. The normalized spacial score (nSPS) is 7.78. The summed E-state index contributed by atoms with van der Waals surface area (Å²) in [5.41, 5.74) is 0.433. The molecule has 604 valence electrons. The van der Waals surface area contributed by atoms with Gasteiger partial charge in [0.15, 0.2) is 0 Å². The van der Waals surface area contributed by atoms with Crippen LogP contribution in [0.4, 0.5) is 9.59 Å². The third-order valence-electron chi connectivity index (χ3n) is 7.65. The molecular weight excluding hydrogens is 1260 g/mol. The molecule has 0 rings (SSSR count). The van der Waals surface area contributed by atoms with E-state index in [1.807, 2.05) is 13.8 Å². The van der Waals surface area contributed by atoms with E-state index in [9.17, 15) is 38.4 Å². The van der Waals surface area contributed by atoms with E-state index in [0.29, 0.717) is 5.57 Å². The highest BCUT2D eigenvalue weighted by molar-refractivity contribution is 5.94. The molecule has 0 fully saturated rings. The van der Waals surface area contributed by atoms with Gasteiger partial charge in [-0.2, -0.15) is 0 Å². The first-order chi connectivity index (χ1) is 44.0. The summed E-state index contributed by atoms with van der Waals surface area (Å²) in [6.07, 6.45) is 17.0. The third-order valence-corrected chi connectivity index (χ3v) is 7.65. The number of esters is 3. The summed E-state index contributed by atoms with van der Waals surface area (Å²) >= 11 is 0. The molecule has 0 aromatic carbocycles. The second-order valence-corrected chi connectivity index (χ2v) is 17.6. The minimum Gasteiger partial charge on any atom is -0.469 e. The SMILES string of the molecule is C.C.C.C.C=C(C)C(=O)OC.C=CC(=O)OC.CCC.CCC.CCCCCOC.CCCCCOC.CCCCOC.CCCCOC.CCCOC.CCCOC.CCOC.CCOC.COC.COC(=O)CC(C)=O.COC(=O)NCC(C)=O.COC(=O)NCNC(C)=O.[3HH]. The summed E-state index contributed by atoms with van der Waals surface area (Å²) in [5.74, 6) is -1.68. The van der Waals surface area contributed by atoms with Crippen LogP contribution in [0.25, 0.3) is 0 Å². The van der Waals surface area contributed by atoms with Gasteiger partial charge in [-0.15, -0.1) is 0 Å². The van der Waals surface area contributed by atoms with Crippen molar-refractivity contribution in [1.29, 1.82) is 0 Å². The number of Topliss-reactive ketones (excluding diaryl/α,β-unsaturated/α-hetero) is 2. The summed E-state index contributed by atoms with van der Waals surface area (Å²) < 4.78 is 63.0. The lowest BCUT2D eigenvalue weighted by molar-refractivity contribution is -0.143. The van der Waals surface area contributed by atoms with Crippen LogP contribution in [0.15, 0.2) is 24.8 Å². The number of methoxy groups -OCH3 is 14. The number of ether oxygens (including phenoxy) is 14. The zero-order chi connectivity index (χ0) is 76.6. The predicted molar refractivity (Wildman–Crippen MR) is 411 cm³/mol.